The van der Waals surface area contributed by atoms with Crippen LogP contribution < -0.4 is 10.2 Å². The minimum absolute atomic E-state index is 0.111. The van der Waals surface area contributed by atoms with Crippen molar-refractivity contribution in [1.82, 2.24) is 10.4 Å². The lowest BCUT2D eigenvalue weighted by molar-refractivity contribution is -0.122. The quantitative estimate of drug-likeness (QED) is 0.899. The van der Waals surface area contributed by atoms with Crippen LogP contribution in [0.5, 0.6) is 11.5 Å². The average Bonchev–Trinajstić information content (AvgIpc) is 2.56. The minimum Gasteiger partial charge on any atom is -0.456 e. The zero-order valence-corrected chi connectivity index (χ0v) is 11.8. The van der Waals surface area contributed by atoms with Gasteiger partial charge in [0.15, 0.2) is 0 Å². The van der Waals surface area contributed by atoms with Gasteiger partial charge in [-0.1, -0.05) is 0 Å². The number of carbonyl (C=O) groups excluding carboxylic acids is 1. The number of aliphatic hydroxyl groups is 1. The molecule has 0 saturated carbocycles. The van der Waals surface area contributed by atoms with E-state index in [1.807, 2.05) is 30.3 Å². The highest BCUT2D eigenvalue weighted by Crippen LogP contribution is 2.23. The van der Waals surface area contributed by atoms with E-state index in [4.69, 9.17) is 4.74 Å². The van der Waals surface area contributed by atoms with E-state index in [2.05, 4.69) is 15.5 Å². The van der Waals surface area contributed by atoms with Crippen molar-refractivity contribution in [3.05, 3.63) is 54.4 Å². The molecule has 0 spiro atoms. The summed E-state index contributed by atoms with van der Waals surface area (Å²) in [5.41, 5.74) is 3.97. The van der Waals surface area contributed by atoms with Gasteiger partial charge in [-0.2, -0.15) is 5.10 Å². The summed E-state index contributed by atoms with van der Waals surface area (Å²) in [6.45, 7) is -0.111. The number of nitrogens with zero attached hydrogens (tertiary/aromatic N) is 2. The zero-order chi connectivity index (χ0) is 15.4. The fraction of sp³-hybridized carbons (Fsp3) is 0.188. The Morgan fingerprint density at radius 1 is 1.23 bits per heavy atom. The van der Waals surface area contributed by atoms with Crippen molar-refractivity contribution in [2.75, 3.05) is 6.61 Å². The number of aromatic nitrogens is 1. The molecule has 0 saturated heterocycles. The summed E-state index contributed by atoms with van der Waals surface area (Å²) in [6, 6.07) is 11.0. The van der Waals surface area contributed by atoms with E-state index in [9.17, 15) is 9.90 Å². The second kappa shape index (κ2) is 6.36. The third kappa shape index (κ3) is 3.12. The number of benzene rings is 1. The number of rotatable bonds is 4. The molecular formula is C16H15N3O3. The van der Waals surface area contributed by atoms with Crippen LogP contribution in [-0.4, -0.2) is 28.3 Å². The second-order valence-corrected chi connectivity index (χ2v) is 4.93. The fourth-order valence-electron chi connectivity index (χ4n) is 2.27. The maximum atomic E-state index is 11.3. The van der Waals surface area contributed by atoms with Gasteiger partial charge in [0, 0.05) is 18.5 Å². The predicted octanol–water partition coefficient (Wildman–Crippen LogP) is 1.71. The Morgan fingerprint density at radius 3 is 2.73 bits per heavy atom. The Kier molecular flexibility index (Phi) is 4.11. The van der Waals surface area contributed by atoms with Crippen LogP contribution in [0.3, 0.4) is 0 Å². The number of hydrogen-bond donors (Lipinski definition) is 2. The molecule has 2 N–H and O–H groups in total. The van der Waals surface area contributed by atoms with Crippen molar-refractivity contribution in [3.8, 4) is 11.5 Å². The number of aliphatic hydroxyl groups excluding tert-OH is 1. The lowest BCUT2D eigenvalue weighted by atomic mass is 9.93. The van der Waals surface area contributed by atoms with Crippen LogP contribution in [0.15, 0.2) is 53.9 Å². The summed E-state index contributed by atoms with van der Waals surface area (Å²) in [6.07, 6.45) is 3.56. The van der Waals surface area contributed by atoms with Gasteiger partial charge in [-0.05, 0) is 42.0 Å². The van der Waals surface area contributed by atoms with Crippen LogP contribution >= 0.6 is 0 Å². The van der Waals surface area contributed by atoms with Crippen molar-refractivity contribution < 1.29 is 14.6 Å². The van der Waals surface area contributed by atoms with Gasteiger partial charge < -0.3 is 9.84 Å². The van der Waals surface area contributed by atoms with Gasteiger partial charge in [0.05, 0.1) is 18.5 Å². The molecule has 0 aliphatic carbocycles. The summed E-state index contributed by atoms with van der Waals surface area (Å²) >= 11 is 0. The molecule has 1 unspecified atom stereocenters. The number of hydrazone groups is 1. The predicted molar refractivity (Wildman–Crippen MR) is 80.6 cm³/mol. The summed E-state index contributed by atoms with van der Waals surface area (Å²) in [4.78, 5) is 15.3. The third-order valence-electron chi connectivity index (χ3n) is 3.36. The Balaban J connectivity index is 1.78. The highest BCUT2D eigenvalue weighted by Gasteiger charge is 2.24. The van der Waals surface area contributed by atoms with Crippen molar-refractivity contribution in [2.24, 2.45) is 11.0 Å². The molecule has 0 radical (unpaired) electrons. The first-order valence-corrected chi connectivity index (χ1v) is 6.92. The molecule has 1 aliphatic rings. The molecular weight excluding hydrogens is 282 g/mol. The lowest BCUT2D eigenvalue weighted by Gasteiger charge is -2.21. The van der Waals surface area contributed by atoms with Gasteiger partial charge in [0.2, 0.25) is 5.91 Å². The largest absolute Gasteiger partial charge is 0.456 e. The Labute approximate surface area is 127 Å². The molecule has 0 fully saturated rings. The van der Waals surface area contributed by atoms with Crippen LogP contribution in [0.25, 0.3) is 0 Å². The maximum Gasteiger partial charge on any atom is 0.240 e. The molecule has 2 aromatic rings. The van der Waals surface area contributed by atoms with E-state index in [1.165, 1.54) is 0 Å². The first-order valence-electron chi connectivity index (χ1n) is 6.92. The average molecular weight is 297 g/mol. The Morgan fingerprint density at radius 2 is 2.05 bits per heavy atom. The smallest absolute Gasteiger partial charge is 0.240 e. The molecule has 1 atom stereocenters. The zero-order valence-electron chi connectivity index (χ0n) is 11.8. The van der Waals surface area contributed by atoms with Crippen molar-refractivity contribution in [3.63, 3.8) is 0 Å². The molecule has 1 aromatic heterocycles. The van der Waals surface area contributed by atoms with Crippen LogP contribution in [-0.2, 0) is 4.79 Å². The molecule has 1 amide bonds. The Bertz CT molecular complexity index is 684. The summed E-state index contributed by atoms with van der Waals surface area (Å²) in [7, 11) is 0. The molecule has 0 bridgehead atoms. The van der Waals surface area contributed by atoms with Crippen LogP contribution in [0.2, 0.25) is 0 Å². The van der Waals surface area contributed by atoms with Crippen LogP contribution in [0, 0.1) is 5.92 Å². The first-order chi connectivity index (χ1) is 10.8. The van der Waals surface area contributed by atoms with Crippen molar-refractivity contribution in [1.29, 1.82) is 0 Å². The van der Waals surface area contributed by atoms with E-state index >= 15 is 0 Å². The van der Waals surface area contributed by atoms with Crippen molar-refractivity contribution >= 4 is 11.6 Å². The number of hydrogen-bond acceptors (Lipinski definition) is 5. The van der Waals surface area contributed by atoms with Gasteiger partial charge in [-0.15, -0.1) is 0 Å². The van der Waals surface area contributed by atoms with E-state index < -0.39 is 0 Å². The topological polar surface area (TPSA) is 83.8 Å². The molecule has 22 heavy (non-hydrogen) atoms. The highest BCUT2D eigenvalue weighted by molar-refractivity contribution is 6.06. The number of nitrogens with one attached hydrogen (secondary N) is 1. The number of carbonyl (C=O) groups is 1. The second-order valence-electron chi connectivity index (χ2n) is 4.93. The van der Waals surface area contributed by atoms with Crippen molar-refractivity contribution in [2.45, 2.75) is 6.42 Å². The van der Waals surface area contributed by atoms with Crippen LogP contribution in [0.4, 0.5) is 0 Å². The lowest BCUT2D eigenvalue weighted by Crippen LogP contribution is -2.35. The van der Waals surface area contributed by atoms with E-state index in [0.717, 1.165) is 5.56 Å². The molecule has 3 rings (SSSR count). The molecule has 6 nitrogen and oxygen atoms in total. The normalized spacial score (nSPS) is 17.6. The first kappa shape index (κ1) is 14.2. The number of amides is 1. The van der Waals surface area contributed by atoms with Gasteiger partial charge in [0.25, 0.3) is 0 Å². The van der Waals surface area contributed by atoms with E-state index in [0.29, 0.717) is 17.2 Å². The number of pyridine rings is 1. The number of ether oxygens (including phenoxy) is 1. The fourth-order valence-corrected chi connectivity index (χ4v) is 2.27. The summed E-state index contributed by atoms with van der Waals surface area (Å²) in [5, 5.41) is 13.5. The third-order valence-corrected chi connectivity index (χ3v) is 3.36. The molecule has 112 valence electrons. The minimum atomic E-state index is -0.279. The maximum absolute atomic E-state index is 11.3. The summed E-state index contributed by atoms with van der Waals surface area (Å²) < 4.78 is 5.67. The van der Waals surface area contributed by atoms with Gasteiger partial charge >= 0.3 is 0 Å². The van der Waals surface area contributed by atoms with Gasteiger partial charge in [0.1, 0.15) is 11.5 Å². The Hall–Kier alpha value is -2.73. The SMILES string of the molecule is O=C1CC(CO)C(c2ccc(Oc3cccnc3)cc2)=NN1. The molecule has 2 heterocycles. The van der Waals surface area contributed by atoms with Gasteiger partial charge in [-0.3, -0.25) is 9.78 Å². The monoisotopic (exact) mass is 297 g/mol. The van der Waals surface area contributed by atoms with E-state index in [1.54, 1.807) is 18.5 Å². The molecule has 6 heteroatoms. The summed E-state index contributed by atoms with van der Waals surface area (Å²) in [5.74, 6) is 0.877. The highest BCUT2D eigenvalue weighted by atomic mass is 16.5. The molecule has 1 aromatic carbocycles. The molecule has 1 aliphatic heterocycles. The van der Waals surface area contributed by atoms with Gasteiger partial charge in [-0.25, -0.2) is 5.43 Å². The standard InChI is InChI=1S/C16H15N3O3/c20-10-12-8-15(21)18-19-16(12)11-3-5-13(6-4-11)22-14-2-1-7-17-9-14/h1-7,9,12,20H,8,10H2,(H,18,21). The van der Waals surface area contributed by atoms with Crippen LogP contribution in [0.1, 0.15) is 12.0 Å². The van der Waals surface area contributed by atoms with E-state index in [-0.39, 0.29) is 24.9 Å².